The Bertz CT molecular complexity index is 887. The first kappa shape index (κ1) is 20.0. The lowest BCUT2D eigenvalue weighted by Crippen LogP contribution is -2.34. The molecule has 0 unspecified atom stereocenters. The van der Waals surface area contributed by atoms with Gasteiger partial charge in [0.1, 0.15) is 11.9 Å². The standard InChI is InChI=1S/C24H30FN3O/c1-16-12-20(13-17(2)26-16)14-19-6-5-11-28(15-19)18(3)24-22(25)9-10-23(27-24)29-21-7-4-8-21/h6,9-10,12-13,18,21H,4-5,7-8,11,14-15H2,1-3H3/t18-/m1/s1. The number of hydrogen-bond donors (Lipinski definition) is 0. The largest absolute Gasteiger partial charge is 0.474 e. The smallest absolute Gasteiger partial charge is 0.213 e. The highest BCUT2D eigenvalue weighted by Crippen LogP contribution is 2.29. The average Bonchev–Trinajstić information content (AvgIpc) is 2.65. The zero-order chi connectivity index (χ0) is 20.4. The van der Waals surface area contributed by atoms with Crippen LogP contribution in [0.15, 0.2) is 35.9 Å². The van der Waals surface area contributed by atoms with Gasteiger partial charge >= 0.3 is 0 Å². The Kier molecular flexibility index (Phi) is 5.95. The summed E-state index contributed by atoms with van der Waals surface area (Å²) in [5, 5.41) is 0. The van der Waals surface area contributed by atoms with Crippen molar-refractivity contribution in [1.29, 1.82) is 0 Å². The number of ether oxygens (including phenoxy) is 1. The fourth-order valence-electron chi connectivity index (χ4n) is 4.21. The van der Waals surface area contributed by atoms with Gasteiger partial charge in [-0.3, -0.25) is 9.88 Å². The topological polar surface area (TPSA) is 38.2 Å². The van der Waals surface area contributed by atoms with Crippen molar-refractivity contribution >= 4 is 0 Å². The number of nitrogens with zero attached hydrogens (tertiary/aromatic N) is 3. The Morgan fingerprint density at radius 3 is 2.62 bits per heavy atom. The molecular weight excluding hydrogens is 365 g/mol. The van der Waals surface area contributed by atoms with Gasteiger partial charge in [-0.2, -0.15) is 0 Å². The van der Waals surface area contributed by atoms with Crippen LogP contribution in [0.3, 0.4) is 0 Å². The molecule has 0 bridgehead atoms. The van der Waals surface area contributed by atoms with E-state index in [1.54, 1.807) is 6.07 Å². The minimum atomic E-state index is -0.255. The highest BCUT2D eigenvalue weighted by atomic mass is 19.1. The number of hydrogen-bond acceptors (Lipinski definition) is 4. The van der Waals surface area contributed by atoms with Crippen LogP contribution < -0.4 is 4.74 Å². The van der Waals surface area contributed by atoms with Crippen LogP contribution in [0.5, 0.6) is 5.88 Å². The number of aryl methyl sites for hydroxylation is 2. The Morgan fingerprint density at radius 1 is 1.17 bits per heavy atom. The van der Waals surface area contributed by atoms with Crippen molar-refractivity contribution in [1.82, 2.24) is 14.9 Å². The molecule has 3 heterocycles. The molecule has 0 spiro atoms. The van der Waals surface area contributed by atoms with Gasteiger partial charge in [-0.05, 0) is 76.6 Å². The van der Waals surface area contributed by atoms with Crippen LogP contribution in [0.1, 0.15) is 61.3 Å². The predicted molar refractivity (Wildman–Crippen MR) is 113 cm³/mol. The first-order chi connectivity index (χ1) is 14.0. The highest BCUT2D eigenvalue weighted by Gasteiger charge is 2.25. The molecule has 1 atom stereocenters. The van der Waals surface area contributed by atoms with E-state index in [-0.39, 0.29) is 18.0 Å². The average molecular weight is 396 g/mol. The number of aromatic nitrogens is 2. The van der Waals surface area contributed by atoms with Gasteiger partial charge in [0.05, 0.1) is 11.7 Å². The summed E-state index contributed by atoms with van der Waals surface area (Å²) in [6.45, 7) is 7.85. The summed E-state index contributed by atoms with van der Waals surface area (Å²) >= 11 is 0. The molecule has 1 fully saturated rings. The van der Waals surface area contributed by atoms with E-state index in [9.17, 15) is 4.39 Å². The molecule has 29 heavy (non-hydrogen) atoms. The quantitative estimate of drug-likeness (QED) is 0.638. The molecule has 1 aliphatic carbocycles. The Labute approximate surface area is 172 Å². The molecule has 1 aliphatic heterocycles. The van der Waals surface area contributed by atoms with Gasteiger partial charge in [-0.1, -0.05) is 11.6 Å². The van der Waals surface area contributed by atoms with E-state index in [4.69, 9.17) is 4.74 Å². The van der Waals surface area contributed by atoms with Gasteiger partial charge in [-0.25, -0.2) is 9.37 Å². The van der Waals surface area contributed by atoms with Crippen LogP contribution >= 0.6 is 0 Å². The molecule has 0 saturated heterocycles. The van der Waals surface area contributed by atoms with E-state index in [1.807, 2.05) is 20.8 Å². The van der Waals surface area contributed by atoms with Crippen LogP contribution in [-0.2, 0) is 6.42 Å². The van der Waals surface area contributed by atoms with Crippen molar-refractivity contribution in [3.8, 4) is 5.88 Å². The Morgan fingerprint density at radius 2 is 1.93 bits per heavy atom. The van der Waals surface area contributed by atoms with Crippen molar-refractivity contribution < 1.29 is 9.13 Å². The van der Waals surface area contributed by atoms with Gasteiger partial charge in [0.2, 0.25) is 5.88 Å². The lowest BCUT2D eigenvalue weighted by atomic mass is 9.96. The van der Waals surface area contributed by atoms with Crippen molar-refractivity contribution in [2.45, 2.75) is 65.0 Å². The summed E-state index contributed by atoms with van der Waals surface area (Å²) in [4.78, 5) is 11.3. The molecule has 0 N–H and O–H groups in total. The summed E-state index contributed by atoms with van der Waals surface area (Å²) in [5.41, 5.74) is 5.25. The van der Waals surface area contributed by atoms with Gasteiger partial charge < -0.3 is 4.74 Å². The lowest BCUT2D eigenvalue weighted by Gasteiger charge is -2.33. The van der Waals surface area contributed by atoms with Crippen LogP contribution in [-0.4, -0.2) is 34.1 Å². The highest BCUT2D eigenvalue weighted by molar-refractivity contribution is 5.27. The maximum Gasteiger partial charge on any atom is 0.213 e. The molecule has 2 aliphatic rings. The molecule has 5 heteroatoms. The van der Waals surface area contributed by atoms with E-state index in [0.29, 0.717) is 11.6 Å². The monoisotopic (exact) mass is 395 g/mol. The number of rotatable bonds is 6. The molecule has 154 valence electrons. The first-order valence-electron chi connectivity index (χ1n) is 10.7. The molecule has 4 rings (SSSR count). The van der Waals surface area contributed by atoms with E-state index >= 15 is 0 Å². The molecule has 2 aromatic heterocycles. The van der Waals surface area contributed by atoms with E-state index in [0.717, 1.165) is 50.2 Å². The minimum Gasteiger partial charge on any atom is -0.474 e. The molecule has 0 aromatic carbocycles. The van der Waals surface area contributed by atoms with Crippen LogP contribution in [0, 0.1) is 19.7 Å². The molecule has 4 nitrogen and oxygen atoms in total. The van der Waals surface area contributed by atoms with Gasteiger partial charge in [-0.15, -0.1) is 0 Å². The molecule has 0 amide bonds. The zero-order valence-electron chi connectivity index (χ0n) is 17.6. The third kappa shape index (κ3) is 4.84. The van der Waals surface area contributed by atoms with Crippen molar-refractivity contribution in [2.24, 2.45) is 0 Å². The van der Waals surface area contributed by atoms with Gasteiger partial charge in [0.15, 0.2) is 0 Å². The zero-order valence-corrected chi connectivity index (χ0v) is 17.6. The van der Waals surface area contributed by atoms with Crippen LogP contribution in [0.4, 0.5) is 4.39 Å². The number of halogens is 1. The van der Waals surface area contributed by atoms with Crippen molar-refractivity contribution in [2.75, 3.05) is 13.1 Å². The summed E-state index contributed by atoms with van der Waals surface area (Å²) in [5.74, 6) is 0.295. The summed E-state index contributed by atoms with van der Waals surface area (Å²) < 4.78 is 20.5. The molecular formula is C24H30FN3O. The number of pyridine rings is 2. The maximum absolute atomic E-state index is 14.6. The maximum atomic E-state index is 14.6. The second-order valence-electron chi connectivity index (χ2n) is 8.42. The molecule has 0 radical (unpaired) electrons. The van der Waals surface area contributed by atoms with Gasteiger partial charge in [0, 0.05) is 30.5 Å². The summed E-state index contributed by atoms with van der Waals surface area (Å²) in [6.07, 6.45) is 7.79. The fourth-order valence-corrected chi connectivity index (χ4v) is 4.21. The SMILES string of the molecule is Cc1cc(CC2=CCCN([C@H](C)c3nc(OC4CCC4)ccc3F)C2)cc(C)n1. The van der Waals surface area contributed by atoms with Crippen LogP contribution in [0.2, 0.25) is 0 Å². The van der Waals surface area contributed by atoms with E-state index < -0.39 is 0 Å². The second-order valence-corrected chi connectivity index (χ2v) is 8.42. The lowest BCUT2D eigenvalue weighted by molar-refractivity contribution is 0.113. The van der Waals surface area contributed by atoms with E-state index in [1.165, 1.54) is 23.6 Å². The Hall–Kier alpha value is -2.27. The normalized spacial score (nSPS) is 18.8. The molecule has 1 saturated carbocycles. The van der Waals surface area contributed by atoms with Crippen LogP contribution in [0.25, 0.3) is 0 Å². The van der Waals surface area contributed by atoms with E-state index in [2.05, 4.69) is 33.1 Å². The van der Waals surface area contributed by atoms with Crippen molar-refractivity contribution in [3.63, 3.8) is 0 Å². The third-order valence-corrected chi connectivity index (χ3v) is 5.96. The fraction of sp³-hybridized carbons (Fsp3) is 0.500. The van der Waals surface area contributed by atoms with Crippen molar-refractivity contribution in [3.05, 3.63) is 64.4 Å². The first-order valence-corrected chi connectivity index (χ1v) is 10.7. The predicted octanol–water partition coefficient (Wildman–Crippen LogP) is 5.10. The minimum absolute atomic E-state index is 0.0930. The Balaban J connectivity index is 1.45. The second kappa shape index (κ2) is 8.62. The molecule has 2 aromatic rings. The summed E-state index contributed by atoms with van der Waals surface area (Å²) in [6, 6.07) is 7.36. The summed E-state index contributed by atoms with van der Waals surface area (Å²) in [7, 11) is 0. The van der Waals surface area contributed by atoms with Gasteiger partial charge in [0.25, 0.3) is 0 Å². The third-order valence-electron chi connectivity index (χ3n) is 5.96.